The van der Waals surface area contributed by atoms with Crippen molar-refractivity contribution in [2.75, 3.05) is 24.2 Å². The Bertz CT molecular complexity index is 950. The molecule has 29 heavy (non-hydrogen) atoms. The molecule has 0 radical (unpaired) electrons. The molecule has 0 aliphatic heterocycles. The van der Waals surface area contributed by atoms with Crippen LogP contribution in [-0.4, -0.2) is 35.7 Å². The smallest absolute Gasteiger partial charge is 0.241 e. The van der Waals surface area contributed by atoms with E-state index >= 15 is 0 Å². The summed E-state index contributed by atoms with van der Waals surface area (Å²) in [7, 11) is 1.46. The molecule has 2 rings (SSSR count). The molecule has 1 aromatic heterocycles. The van der Waals surface area contributed by atoms with E-state index in [0.29, 0.717) is 6.07 Å². The van der Waals surface area contributed by atoms with E-state index in [0.717, 1.165) is 18.5 Å². The van der Waals surface area contributed by atoms with Crippen LogP contribution in [0.3, 0.4) is 0 Å². The van der Waals surface area contributed by atoms with Crippen molar-refractivity contribution in [2.45, 2.75) is 6.54 Å². The molecule has 154 valence electrons. The van der Waals surface area contributed by atoms with E-state index in [2.05, 4.69) is 30.9 Å². The summed E-state index contributed by atoms with van der Waals surface area (Å²) in [5, 5.41) is 7.41. The Kier molecular flexibility index (Phi) is 7.46. The molecule has 0 spiro atoms. The van der Waals surface area contributed by atoms with Crippen LogP contribution in [0.2, 0.25) is 0 Å². The molecular formula is C17H17F4N7O. The molecule has 0 aliphatic rings. The summed E-state index contributed by atoms with van der Waals surface area (Å²) in [5.74, 6) is -5.34. The average Bonchev–Trinajstić information content (AvgIpc) is 2.71. The number of aliphatic imine (C=N–C) groups is 1. The lowest BCUT2D eigenvalue weighted by molar-refractivity contribution is -0.119. The summed E-state index contributed by atoms with van der Waals surface area (Å²) < 4.78 is 54.6. The number of rotatable bonds is 8. The fourth-order valence-electron chi connectivity index (χ4n) is 2.01. The second kappa shape index (κ2) is 10.0. The van der Waals surface area contributed by atoms with E-state index < -0.39 is 35.4 Å². The van der Waals surface area contributed by atoms with Gasteiger partial charge in [0.2, 0.25) is 11.9 Å². The third-order valence-electron chi connectivity index (χ3n) is 3.50. The highest BCUT2D eigenvalue weighted by Crippen LogP contribution is 2.19. The minimum atomic E-state index is -1.38. The minimum absolute atomic E-state index is 0.114. The number of carbonyl (C=O) groups is 1. The van der Waals surface area contributed by atoms with Crippen molar-refractivity contribution in [1.82, 2.24) is 15.3 Å². The van der Waals surface area contributed by atoms with Gasteiger partial charge in [0.05, 0.1) is 11.9 Å². The number of carbonyl (C=O) groups excluding carboxylic acids is 1. The Balaban J connectivity index is 2.11. The number of nitrogens with two attached hydrogens (primary N) is 1. The van der Waals surface area contributed by atoms with Gasteiger partial charge in [-0.1, -0.05) is 0 Å². The van der Waals surface area contributed by atoms with Crippen LogP contribution in [0.1, 0.15) is 5.56 Å². The fourth-order valence-corrected chi connectivity index (χ4v) is 2.01. The van der Waals surface area contributed by atoms with Gasteiger partial charge in [0.1, 0.15) is 12.4 Å². The number of benzene rings is 1. The van der Waals surface area contributed by atoms with Crippen molar-refractivity contribution in [3.63, 3.8) is 0 Å². The summed E-state index contributed by atoms with van der Waals surface area (Å²) in [6, 6.07) is 1.41. The van der Waals surface area contributed by atoms with Gasteiger partial charge in [0.15, 0.2) is 23.3 Å². The van der Waals surface area contributed by atoms with Crippen LogP contribution in [0.4, 0.5) is 29.3 Å². The van der Waals surface area contributed by atoms with Gasteiger partial charge in [-0.2, -0.15) is 4.98 Å². The lowest BCUT2D eigenvalue weighted by Gasteiger charge is -2.11. The molecule has 0 saturated heterocycles. The van der Waals surface area contributed by atoms with Crippen molar-refractivity contribution in [3.05, 3.63) is 59.1 Å². The van der Waals surface area contributed by atoms with Crippen LogP contribution in [0.15, 0.2) is 35.2 Å². The summed E-state index contributed by atoms with van der Waals surface area (Å²) in [6.45, 7) is -0.701. The monoisotopic (exact) mass is 411 g/mol. The Labute approximate surface area is 163 Å². The molecule has 1 aromatic carbocycles. The van der Waals surface area contributed by atoms with Crippen LogP contribution >= 0.6 is 0 Å². The molecular weight excluding hydrogens is 394 g/mol. The number of anilines is 2. The van der Waals surface area contributed by atoms with Crippen molar-refractivity contribution in [1.29, 1.82) is 0 Å². The third kappa shape index (κ3) is 5.89. The Morgan fingerprint density at radius 2 is 1.93 bits per heavy atom. The molecule has 8 nitrogen and oxygen atoms in total. The van der Waals surface area contributed by atoms with Gasteiger partial charge in [-0.3, -0.25) is 9.79 Å². The lowest BCUT2D eigenvalue weighted by Crippen LogP contribution is -2.20. The van der Waals surface area contributed by atoms with Crippen molar-refractivity contribution in [3.8, 4) is 0 Å². The van der Waals surface area contributed by atoms with Gasteiger partial charge in [0, 0.05) is 31.6 Å². The molecule has 0 aliphatic carbocycles. The number of nitrogens with zero attached hydrogens (tertiary/aromatic N) is 3. The highest BCUT2D eigenvalue weighted by molar-refractivity contribution is 5.85. The predicted molar refractivity (Wildman–Crippen MR) is 99.0 cm³/mol. The van der Waals surface area contributed by atoms with Crippen LogP contribution in [0, 0.1) is 23.3 Å². The van der Waals surface area contributed by atoms with Gasteiger partial charge in [-0.25, -0.2) is 22.5 Å². The Hall–Kier alpha value is -3.70. The SMILES string of the molecule is CNC(=O)CN=CC(=CN)Nc1ncc(F)c(NCc2c(F)ccc(F)c2F)n1. The van der Waals surface area contributed by atoms with Crippen molar-refractivity contribution >= 4 is 23.9 Å². The second-order valence-electron chi connectivity index (χ2n) is 5.46. The maximum absolute atomic E-state index is 13.9. The molecule has 1 heterocycles. The zero-order valence-corrected chi connectivity index (χ0v) is 15.1. The zero-order chi connectivity index (χ0) is 21.4. The largest absolute Gasteiger partial charge is 0.403 e. The zero-order valence-electron chi connectivity index (χ0n) is 15.1. The number of likely N-dealkylation sites (N-methyl/N-ethyl adjacent to an activating group) is 1. The normalized spacial score (nSPS) is 11.6. The maximum atomic E-state index is 13.9. The number of hydrogen-bond acceptors (Lipinski definition) is 7. The van der Waals surface area contributed by atoms with Crippen LogP contribution in [0.25, 0.3) is 0 Å². The van der Waals surface area contributed by atoms with Gasteiger partial charge in [-0.15, -0.1) is 0 Å². The number of nitrogens with one attached hydrogen (secondary N) is 3. The summed E-state index contributed by atoms with van der Waals surface area (Å²) in [4.78, 5) is 22.5. The maximum Gasteiger partial charge on any atom is 0.241 e. The van der Waals surface area contributed by atoms with E-state index in [1.807, 2.05) is 0 Å². The Morgan fingerprint density at radius 3 is 2.62 bits per heavy atom. The van der Waals surface area contributed by atoms with Crippen LogP contribution in [0.5, 0.6) is 0 Å². The van der Waals surface area contributed by atoms with Crippen LogP contribution < -0.4 is 21.7 Å². The summed E-state index contributed by atoms with van der Waals surface area (Å²) in [6.07, 6.45) is 3.17. The second-order valence-corrected chi connectivity index (χ2v) is 5.46. The first-order valence-electron chi connectivity index (χ1n) is 8.13. The highest BCUT2D eigenvalue weighted by atomic mass is 19.2. The van der Waals surface area contributed by atoms with E-state index in [-0.39, 0.29) is 29.9 Å². The number of amides is 1. The Morgan fingerprint density at radius 1 is 1.21 bits per heavy atom. The standard InChI is InChI=1S/C17H17F4N7O/c1-23-14(29)8-24-5-9(4-22)27-17-26-7-13(20)16(28-17)25-6-10-11(18)2-3-12(19)15(10)21/h2-5,7H,6,8,22H2,1H3,(H,23,29)(H2,25,26,27,28). The predicted octanol–water partition coefficient (Wildman–Crippen LogP) is 1.67. The first kappa shape index (κ1) is 21.6. The summed E-state index contributed by atoms with van der Waals surface area (Å²) >= 11 is 0. The topological polar surface area (TPSA) is 117 Å². The van der Waals surface area contributed by atoms with Crippen LogP contribution in [-0.2, 0) is 11.3 Å². The van der Waals surface area contributed by atoms with Gasteiger partial charge in [-0.05, 0) is 12.1 Å². The molecule has 1 amide bonds. The molecule has 0 unspecified atom stereocenters. The third-order valence-corrected chi connectivity index (χ3v) is 3.50. The number of allylic oxidation sites excluding steroid dienone is 1. The molecule has 0 bridgehead atoms. The number of aromatic nitrogens is 2. The average molecular weight is 411 g/mol. The van der Waals surface area contributed by atoms with E-state index in [1.54, 1.807) is 0 Å². The lowest BCUT2D eigenvalue weighted by atomic mass is 10.2. The van der Waals surface area contributed by atoms with Crippen molar-refractivity contribution < 1.29 is 22.4 Å². The molecule has 0 saturated carbocycles. The molecule has 0 atom stereocenters. The fraction of sp³-hybridized carbons (Fsp3) is 0.176. The first-order chi connectivity index (χ1) is 13.8. The highest BCUT2D eigenvalue weighted by Gasteiger charge is 2.15. The van der Waals surface area contributed by atoms with E-state index in [4.69, 9.17) is 5.73 Å². The van der Waals surface area contributed by atoms with Crippen molar-refractivity contribution in [2.24, 2.45) is 10.7 Å². The summed E-state index contributed by atoms with van der Waals surface area (Å²) in [5.41, 5.74) is 5.03. The van der Waals surface area contributed by atoms with E-state index in [1.165, 1.54) is 13.3 Å². The number of hydrogen-bond donors (Lipinski definition) is 4. The molecule has 5 N–H and O–H groups in total. The quantitative estimate of drug-likeness (QED) is 0.298. The van der Waals surface area contributed by atoms with Gasteiger partial charge < -0.3 is 21.7 Å². The van der Waals surface area contributed by atoms with Gasteiger partial charge >= 0.3 is 0 Å². The molecule has 0 fully saturated rings. The van der Waals surface area contributed by atoms with Gasteiger partial charge in [0.25, 0.3) is 0 Å². The molecule has 2 aromatic rings. The first-order valence-corrected chi connectivity index (χ1v) is 8.13. The molecule has 12 heteroatoms. The van der Waals surface area contributed by atoms with E-state index in [9.17, 15) is 22.4 Å². The minimum Gasteiger partial charge on any atom is -0.403 e. The number of halogens is 4.